The van der Waals surface area contributed by atoms with E-state index in [1.165, 1.54) is 0 Å². The SMILES string of the molecule is CCC(C)(C)c1nc2c(N)cccc2o1. The number of benzene rings is 1. The number of hydrogen-bond acceptors (Lipinski definition) is 3. The Bertz CT molecular complexity index is 485. The number of nitrogens with two attached hydrogens (primary N) is 1. The fourth-order valence-electron chi connectivity index (χ4n) is 1.41. The van der Waals surface area contributed by atoms with Gasteiger partial charge in [-0.3, -0.25) is 0 Å². The maximum absolute atomic E-state index is 5.83. The van der Waals surface area contributed by atoms with Crippen molar-refractivity contribution in [2.45, 2.75) is 32.6 Å². The number of oxazole rings is 1. The van der Waals surface area contributed by atoms with E-state index >= 15 is 0 Å². The molecule has 0 aliphatic rings. The van der Waals surface area contributed by atoms with Gasteiger partial charge >= 0.3 is 0 Å². The van der Waals surface area contributed by atoms with Crippen LogP contribution in [-0.2, 0) is 5.41 Å². The molecule has 0 unspecified atom stereocenters. The molecule has 80 valence electrons. The first kappa shape index (κ1) is 10.0. The minimum Gasteiger partial charge on any atom is -0.440 e. The Morgan fingerprint density at radius 2 is 2.13 bits per heavy atom. The average Bonchev–Trinajstić information content (AvgIpc) is 2.64. The summed E-state index contributed by atoms with van der Waals surface area (Å²) in [5.74, 6) is 0.762. The zero-order valence-electron chi connectivity index (χ0n) is 9.37. The van der Waals surface area contributed by atoms with Crippen molar-refractivity contribution in [1.29, 1.82) is 0 Å². The first-order chi connectivity index (χ1) is 7.04. The largest absolute Gasteiger partial charge is 0.440 e. The van der Waals surface area contributed by atoms with E-state index < -0.39 is 0 Å². The van der Waals surface area contributed by atoms with Gasteiger partial charge in [-0.05, 0) is 18.6 Å². The van der Waals surface area contributed by atoms with Crippen molar-refractivity contribution in [3.05, 3.63) is 24.1 Å². The van der Waals surface area contributed by atoms with Gasteiger partial charge in [0.2, 0.25) is 5.89 Å². The molecule has 0 saturated heterocycles. The molecule has 0 amide bonds. The topological polar surface area (TPSA) is 52.0 Å². The molecule has 0 atom stereocenters. The summed E-state index contributed by atoms with van der Waals surface area (Å²) >= 11 is 0. The summed E-state index contributed by atoms with van der Waals surface area (Å²) in [7, 11) is 0. The van der Waals surface area contributed by atoms with Crippen molar-refractivity contribution < 1.29 is 4.42 Å². The average molecular weight is 204 g/mol. The summed E-state index contributed by atoms with van der Waals surface area (Å²) in [5, 5.41) is 0. The fourth-order valence-corrected chi connectivity index (χ4v) is 1.41. The standard InChI is InChI=1S/C12H16N2O/c1-4-12(2,3)11-14-10-8(13)6-5-7-9(10)15-11/h5-7H,4,13H2,1-3H3. The number of anilines is 1. The Morgan fingerprint density at radius 1 is 1.40 bits per heavy atom. The number of fused-ring (bicyclic) bond motifs is 1. The van der Waals surface area contributed by atoms with Gasteiger partial charge in [0.05, 0.1) is 5.69 Å². The van der Waals surface area contributed by atoms with Crippen LogP contribution in [0.15, 0.2) is 22.6 Å². The minimum atomic E-state index is -0.0363. The van der Waals surface area contributed by atoms with Crippen LogP contribution in [0.25, 0.3) is 11.1 Å². The highest BCUT2D eigenvalue weighted by atomic mass is 16.3. The Morgan fingerprint density at radius 3 is 2.73 bits per heavy atom. The zero-order chi connectivity index (χ0) is 11.1. The molecule has 0 bridgehead atoms. The van der Waals surface area contributed by atoms with Crippen molar-refractivity contribution in [2.75, 3.05) is 5.73 Å². The molecule has 0 aliphatic carbocycles. The zero-order valence-corrected chi connectivity index (χ0v) is 9.37. The second-order valence-electron chi connectivity index (χ2n) is 4.45. The molecule has 2 rings (SSSR count). The second kappa shape index (κ2) is 3.26. The van der Waals surface area contributed by atoms with Crippen LogP contribution in [0.5, 0.6) is 0 Å². The highest BCUT2D eigenvalue weighted by molar-refractivity contribution is 5.85. The summed E-state index contributed by atoms with van der Waals surface area (Å²) in [4.78, 5) is 4.46. The number of nitrogen functional groups attached to an aromatic ring is 1. The van der Waals surface area contributed by atoms with Gasteiger partial charge in [0.15, 0.2) is 5.58 Å². The molecule has 3 heteroatoms. The maximum Gasteiger partial charge on any atom is 0.201 e. The van der Waals surface area contributed by atoms with Crippen LogP contribution in [0.4, 0.5) is 5.69 Å². The molecule has 1 heterocycles. The van der Waals surface area contributed by atoms with Gasteiger partial charge in [-0.2, -0.15) is 0 Å². The van der Waals surface area contributed by atoms with Crippen LogP contribution in [0.2, 0.25) is 0 Å². The third kappa shape index (κ3) is 1.58. The molecule has 2 N–H and O–H groups in total. The van der Waals surface area contributed by atoms with Crippen molar-refractivity contribution in [1.82, 2.24) is 4.98 Å². The Hall–Kier alpha value is -1.51. The highest BCUT2D eigenvalue weighted by Gasteiger charge is 2.24. The predicted molar refractivity (Wildman–Crippen MR) is 61.7 cm³/mol. The summed E-state index contributed by atoms with van der Waals surface area (Å²) in [6, 6.07) is 5.62. The van der Waals surface area contributed by atoms with Crippen molar-refractivity contribution in [3.63, 3.8) is 0 Å². The van der Waals surface area contributed by atoms with Crippen LogP contribution in [0, 0.1) is 0 Å². The quantitative estimate of drug-likeness (QED) is 0.765. The van der Waals surface area contributed by atoms with E-state index in [-0.39, 0.29) is 5.41 Å². The number of aromatic nitrogens is 1. The molecule has 3 nitrogen and oxygen atoms in total. The third-order valence-electron chi connectivity index (χ3n) is 2.91. The molecule has 0 fully saturated rings. The lowest BCUT2D eigenvalue weighted by atomic mass is 9.90. The number of hydrogen-bond donors (Lipinski definition) is 1. The summed E-state index contributed by atoms with van der Waals surface area (Å²) < 4.78 is 5.71. The smallest absolute Gasteiger partial charge is 0.201 e. The Labute approximate surface area is 89.3 Å². The second-order valence-corrected chi connectivity index (χ2v) is 4.45. The number of para-hydroxylation sites is 1. The molecule has 0 radical (unpaired) electrons. The van der Waals surface area contributed by atoms with Crippen molar-refractivity contribution in [2.24, 2.45) is 0 Å². The molecule has 2 aromatic rings. The van der Waals surface area contributed by atoms with Crippen LogP contribution < -0.4 is 5.73 Å². The van der Waals surface area contributed by atoms with Gasteiger partial charge in [-0.1, -0.05) is 26.8 Å². The van der Waals surface area contributed by atoms with Crippen molar-refractivity contribution >= 4 is 16.8 Å². The minimum absolute atomic E-state index is 0.0363. The van der Waals surface area contributed by atoms with E-state index in [9.17, 15) is 0 Å². The van der Waals surface area contributed by atoms with E-state index in [0.717, 1.165) is 23.4 Å². The highest BCUT2D eigenvalue weighted by Crippen LogP contribution is 2.30. The first-order valence-corrected chi connectivity index (χ1v) is 5.20. The summed E-state index contributed by atoms with van der Waals surface area (Å²) in [6.45, 7) is 6.36. The molecule has 0 aliphatic heterocycles. The van der Waals surface area contributed by atoms with Gasteiger partial charge in [0.1, 0.15) is 5.52 Å². The van der Waals surface area contributed by atoms with E-state index in [4.69, 9.17) is 10.2 Å². The Balaban J connectivity index is 2.62. The van der Waals surface area contributed by atoms with Crippen molar-refractivity contribution in [3.8, 4) is 0 Å². The first-order valence-electron chi connectivity index (χ1n) is 5.20. The van der Waals surface area contributed by atoms with E-state index in [1.54, 1.807) is 0 Å². The van der Waals surface area contributed by atoms with Gasteiger partial charge in [0, 0.05) is 5.41 Å². The van der Waals surface area contributed by atoms with E-state index in [1.807, 2.05) is 18.2 Å². The predicted octanol–water partition coefficient (Wildman–Crippen LogP) is 3.10. The van der Waals surface area contributed by atoms with Crippen LogP contribution in [0.1, 0.15) is 33.1 Å². The normalized spacial score (nSPS) is 12.2. The van der Waals surface area contributed by atoms with Gasteiger partial charge in [-0.15, -0.1) is 0 Å². The fraction of sp³-hybridized carbons (Fsp3) is 0.417. The summed E-state index contributed by atoms with van der Waals surface area (Å²) in [6.07, 6.45) is 0.986. The van der Waals surface area contributed by atoms with Crippen LogP contribution in [0.3, 0.4) is 0 Å². The summed E-state index contributed by atoms with van der Waals surface area (Å²) in [5.41, 5.74) is 8.01. The molecular formula is C12H16N2O. The van der Waals surface area contributed by atoms with E-state index in [0.29, 0.717) is 5.69 Å². The lowest BCUT2D eigenvalue weighted by Gasteiger charge is -2.16. The van der Waals surface area contributed by atoms with Gasteiger partial charge in [-0.25, -0.2) is 4.98 Å². The number of nitrogens with zero attached hydrogens (tertiary/aromatic N) is 1. The number of rotatable bonds is 2. The molecule has 1 aromatic carbocycles. The van der Waals surface area contributed by atoms with E-state index in [2.05, 4.69) is 25.8 Å². The molecule has 15 heavy (non-hydrogen) atoms. The molecule has 1 aromatic heterocycles. The maximum atomic E-state index is 5.83. The molecule has 0 spiro atoms. The third-order valence-corrected chi connectivity index (χ3v) is 2.91. The van der Waals surface area contributed by atoms with Crippen LogP contribution >= 0.6 is 0 Å². The van der Waals surface area contributed by atoms with Gasteiger partial charge in [0.25, 0.3) is 0 Å². The van der Waals surface area contributed by atoms with Gasteiger partial charge < -0.3 is 10.2 Å². The Kier molecular flexibility index (Phi) is 2.18. The lowest BCUT2D eigenvalue weighted by Crippen LogP contribution is -2.15. The monoisotopic (exact) mass is 204 g/mol. The van der Waals surface area contributed by atoms with Crippen LogP contribution in [-0.4, -0.2) is 4.98 Å². The molecular weight excluding hydrogens is 188 g/mol. The molecule has 0 saturated carbocycles. The lowest BCUT2D eigenvalue weighted by molar-refractivity contribution is 0.374.